The van der Waals surface area contributed by atoms with E-state index in [1.54, 1.807) is 13.8 Å². The zero-order valence-corrected chi connectivity index (χ0v) is 20.9. The quantitative estimate of drug-likeness (QED) is 0.268. The summed E-state index contributed by atoms with van der Waals surface area (Å²) in [4.78, 5) is 49.9. The van der Waals surface area contributed by atoms with E-state index in [0.717, 1.165) is 6.42 Å². The maximum absolute atomic E-state index is 13.0. The number of carbonyl (C=O) groups excluding carboxylic acids is 3. The Kier molecular flexibility index (Phi) is 13.1. The van der Waals surface area contributed by atoms with Crippen molar-refractivity contribution >= 4 is 23.7 Å². The lowest BCUT2D eigenvalue weighted by molar-refractivity contribution is -0.143. The highest BCUT2D eigenvalue weighted by Crippen LogP contribution is 2.11. The average Bonchev–Trinajstić information content (AvgIpc) is 2.68. The van der Waals surface area contributed by atoms with Crippen LogP contribution in [0.1, 0.15) is 74.7 Å². The number of rotatable bonds is 14. The Bertz CT molecular complexity index is 636. The van der Waals surface area contributed by atoms with Gasteiger partial charge in [-0.25, -0.2) is 4.79 Å². The summed E-state index contributed by atoms with van der Waals surface area (Å²) in [6, 6.07) is -3.57. The first-order valence-electron chi connectivity index (χ1n) is 11.6. The highest BCUT2D eigenvalue weighted by Gasteiger charge is 2.32. The lowest BCUT2D eigenvalue weighted by atomic mass is 9.96. The van der Waals surface area contributed by atoms with Crippen LogP contribution in [0.15, 0.2) is 0 Å². The summed E-state index contributed by atoms with van der Waals surface area (Å²) in [6.45, 7) is 14.9. The fourth-order valence-corrected chi connectivity index (χ4v) is 3.23. The molecule has 0 aliphatic rings. The van der Waals surface area contributed by atoms with Gasteiger partial charge >= 0.3 is 5.97 Å². The third kappa shape index (κ3) is 10.4. The molecule has 0 aliphatic carbocycles. The van der Waals surface area contributed by atoms with Crippen molar-refractivity contribution in [3.05, 3.63) is 0 Å². The third-order valence-corrected chi connectivity index (χ3v) is 5.47. The number of nitrogens with two attached hydrogens (primary N) is 1. The van der Waals surface area contributed by atoms with E-state index in [9.17, 15) is 24.3 Å². The van der Waals surface area contributed by atoms with E-state index in [1.165, 1.54) is 0 Å². The van der Waals surface area contributed by atoms with Gasteiger partial charge in [0, 0.05) is 0 Å². The van der Waals surface area contributed by atoms with Gasteiger partial charge in [-0.05, 0) is 36.5 Å². The first-order chi connectivity index (χ1) is 14.7. The van der Waals surface area contributed by atoms with Crippen molar-refractivity contribution in [2.24, 2.45) is 29.4 Å². The van der Waals surface area contributed by atoms with Gasteiger partial charge in [0.05, 0.1) is 6.04 Å². The molecule has 5 atom stereocenters. The molecule has 0 radical (unpaired) electrons. The predicted octanol–water partition coefficient (Wildman–Crippen LogP) is 1.65. The number of nitrogens with one attached hydrogen (secondary N) is 3. The molecule has 0 bridgehead atoms. The third-order valence-electron chi connectivity index (χ3n) is 5.47. The van der Waals surface area contributed by atoms with Crippen molar-refractivity contribution in [2.75, 3.05) is 0 Å². The molecule has 0 aliphatic heterocycles. The molecule has 32 heavy (non-hydrogen) atoms. The molecule has 5 unspecified atom stereocenters. The number of aliphatic carboxylic acids is 1. The van der Waals surface area contributed by atoms with Crippen LogP contribution in [0.4, 0.5) is 0 Å². The average molecular weight is 457 g/mol. The molecule has 0 aromatic heterocycles. The zero-order valence-electron chi connectivity index (χ0n) is 20.9. The molecule has 0 saturated carbocycles. The van der Waals surface area contributed by atoms with E-state index < -0.39 is 47.9 Å². The molecule has 186 valence electrons. The minimum absolute atomic E-state index is 0.0424. The van der Waals surface area contributed by atoms with Crippen LogP contribution in [0.5, 0.6) is 0 Å². The van der Waals surface area contributed by atoms with E-state index in [0.29, 0.717) is 6.42 Å². The van der Waals surface area contributed by atoms with Gasteiger partial charge in [0.1, 0.15) is 18.1 Å². The normalized spacial score (nSPS) is 16.2. The van der Waals surface area contributed by atoms with Crippen LogP contribution in [-0.2, 0) is 19.2 Å². The Balaban J connectivity index is 5.47. The number of carboxylic acid groups (broad SMARTS) is 1. The zero-order chi connectivity index (χ0) is 25.2. The molecular weight excluding hydrogens is 412 g/mol. The van der Waals surface area contributed by atoms with Gasteiger partial charge < -0.3 is 26.8 Å². The van der Waals surface area contributed by atoms with E-state index >= 15 is 0 Å². The first kappa shape index (κ1) is 29.8. The van der Waals surface area contributed by atoms with Crippen LogP contribution < -0.4 is 21.7 Å². The minimum atomic E-state index is -1.12. The Morgan fingerprint density at radius 3 is 1.62 bits per heavy atom. The van der Waals surface area contributed by atoms with Gasteiger partial charge in [-0.2, -0.15) is 0 Å². The molecule has 0 spiro atoms. The second kappa shape index (κ2) is 14.1. The molecule has 0 aromatic carbocycles. The highest BCUT2D eigenvalue weighted by molar-refractivity contribution is 5.94. The van der Waals surface area contributed by atoms with Crippen LogP contribution in [0, 0.1) is 23.7 Å². The van der Waals surface area contributed by atoms with Crippen LogP contribution in [0.25, 0.3) is 0 Å². The summed E-state index contributed by atoms with van der Waals surface area (Å²) in [5.74, 6) is -2.71. The SMILES string of the molecule is CCC(C)C(N)C(=O)NC(C(=O)NC(CC(C)C)C(=O)NC(CC(C)C)C(=O)O)C(C)C. The van der Waals surface area contributed by atoms with Crippen molar-refractivity contribution in [1.29, 1.82) is 0 Å². The van der Waals surface area contributed by atoms with Crippen molar-refractivity contribution in [1.82, 2.24) is 16.0 Å². The monoisotopic (exact) mass is 456 g/mol. The van der Waals surface area contributed by atoms with Crippen LogP contribution >= 0.6 is 0 Å². The predicted molar refractivity (Wildman–Crippen MR) is 125 cm³/mol. The Morgan fingerprint density at radius 2 is 1.22 bits per heavy atom. The number of carboxylic acids is 1. The van der Waals surface area contributed by atoms with Crippen molar-refractivity contribution in [3.63, 3.8) is 0 Å². The Morgan fingerprint density at radius 1 is 0.750 bits per heavy atom. The summed E-state index contributed by atoms with van der Waals surface area (Å²) in [6.07, 6.45) is 1.34. The Labute approximate surface area is 192 Å². The molecular formula is C23H44N4O5. The molecule has 0 saturated heterocycles. The topological polar surface area (TPSA) is 151 Å². The van der Waals surface area contributed by atoms with E-state index in [-0.39, 0.29) is 30.1 Å². The lowest BCUT2D eigenvalue weighted by Gasteiger charge is -2.28. The molecule has 6 N–H and O–H groups in total. The molecule has 0 fully saturated rings. The number of hydrogen-bond acceptors (Lipinski definition) is 5. The number of amides is 3. The maximum atomic E-state index is 13.0. The summed E-state index contributed by atoms with van der Waals surface area (Å²) >= 11 is 0. The van der Waals surface area contributed by atoms with E-state index in [1.807, 2.05) is 41.5 Å². The molecule has 9 nitrogen and oxygen atoms in total. The summed E-state index contributed by atoms with van der Waals surface area (Å²) in [7, 11) is 0. The summed E-state index contributed by atoms with van der Waals surface area (Å²) < 4.78 is 0. The van der Waals surface area contributed by atoms with Gasteiger partial charge in [0.2, 0.25) is 17.7 Å². The first-order valence-corrected chi connectivity index (χ1v) is 11.6. The Hall–Kier alpha value is -2.16. The minimum Gasteiger partial charge on any atom is -0.480 e. The van der Waals surface area contributed by atoms with Crippen LogP contribution in [0.3, 0.4) is 0 Å². The standard InChI is InChI=1S/C23H44N4O5/c1-9-15(8)18(24)21(29)27-19(14(6)7)22(30)25-16(10-12(2)3)20(28)26-17(23(31)32)11-13(4)5/h12-19H,9-11,24H2,1-8H3,(H,25,30)(H,26,28)(H,27,29)(H,31,32). The molecule has 0 rings (SSSR count). The smallest absolute Gasteiger partial charge is 0.326 e. The van der Waals surface area contributed by atoms with Gasteiger partial charge in [0.15, 0.2) is 0 Å². The second-order valence-corrected chi connectivity index (χ2v) is 9.86. The fourth-order valence-electron chi connectivity index (χ4n) is 3.23. The number of hydrogen-bond donors (Lipinski definition) is 5. The lowest BCUT2D eigenvalue weighted by Crippen LogP contribution is -2.59. The second-order valence-electron chi connectivity index (χ2n) is 9.86. The molecule has 3 amide bonds. The summed E-state index contributed by atoms with van der Waals surface area (Å²) in [5.41, 5.74) is 5.99. The fraction of sp³-hybridized carbons (Fsp3) is 0.826. The van der Waals surface area contributed by atoms with Crippen LogP contribution in [-0.4, -0.2) is 53.0 Å². The molecule has 0 heterocycles. The molecule has 9 heteroatoms. The van der Waals surface area contributed by atoms with Gasteiger partial charge in [-0.1, -0.05) is 61.8 Å². The maximum Gasteiger partial charge on any atom is 0.326 e. The molecule has 0 aromatic rings. The number of carbonyl (C=O) groups is 4. The largest absolute Gasteiger partial charge is 0.480 e. The van der Waals surface area contributed by atoms with Crippen molar-refractivity contribution in [2.45, 2.75) is 98.8 Å². The van der Waals surface area contributed by atoms with Gasteiger partial charge in [-0.15, -0.1) is 0 Å². The van der Waals surface area contributed by atoms with E-state index in [2.05, 4.69) is 16.0 Å². The van der Waals surface area contributed by atoms with Gasteiger partial charge in [-0.3, -0.25) is 14.4 Å². The van der Waals surface area contributed by atoms with E-state index in [4.69, 9.17) is 5.73 Å². The van der Waals surface area contributed by atoms with Crippen LogP contribution in [0.2, 0.25) is 0 Å². The van der Waals surface area contributed by atoms with Gasteiger partial charge in [0.25, 0.3) is 0 Å². The summed E-state index contributed by atoms with van der Waals surface area (Å²) in [5, 5.41) is 17.4. The van der Waals surface area contributed by atoms with Crippen molar-refractivity contribution in [3.8, 4) is 0 Å². The highest BCUT2D eigenvalue weighted by atomic mass is 16.4. The van der Waals surface area contributed by atoms with Crippen molar-refractivity contribution < 1.29 is 24.3 Å².